The van der Waals surface area contributed by atoms with E-state index in [4.69, 9.17) is 16.6 Å². The molecule has 0 radical (unpaired) electrons. The molecule has 0 aliphatic carbocycles. The van der Waals surface area contributed by atoms with E-state index in [2.05, 4.69) is 6.58 Å². The lowest BCUT2D eigenvalue weighted by molar-refractivity contribution is -0.121. The van der Waals surface area contributed by atoms with Crippen LogP contribution in [0.1, 0.15) is 5.76 Å². The van der Waals surface area contributed by atoms with Gasteiger partial charge in [-0.3, -0.25) is 9.69 Å². The minimum Gasteiger partial charge on any atom is -0.465 e. The molecule has 1 aliphatic rings. The third-order valence-electron chi connectivity index (χ3n) is 2.24. The molecule has 0 saturated carbocycles. The molecule has 0 bridgehead atoms. The predicted octanol–water partition coefficient (Wildman–Crippen LogP) is 3.22. The standard InChI is InChI=1S/C13H11NO2S2/c1-2-8-14-12(15)11(18-13(14)17)7-3-5-10-6-4-9-16-10/h2-7,9H,1,8H2/b5-3+,11-7-. The van der Waals surface area contributed by atoms with Gasteiger partial charge in [0, 0.05) is 6.54 Å². The Balaban J connectivity index is 2.08. The molecular weight excluding hydrogens is 266 g/mol. The highest BCUT2D eigenvalue weighted by Crippen LogP contribution is 2.30. The van der Waals surface area contributed by atoms with Crippen LogP contribution in [0.4, 0.5) is 0 Å². The van der Waals surface area contributed by atoms with Gasteiger partial charge in [0.15, 0.2) is 0 Å². The zero-order valence-electron chi connectivity index (χ0n) is 9.54. The number of hydrogen-bond donors (Lipinski definition) is 0. The van der Waals surface area contributed by atoms with E-state index in [1.165, 1.54) is 16.7 Å². The van der Waals surface area contributed by atoms with Crippen molar-refractivity contribution in [1.29, 1.82) is 0 Å². The number of rotatable bonds is 4. The molecule has 1 saturated heterocycles. The fourth-order valence-electron chi connectivity index (χ4n) is 1.42. The Kier molecular flexibility index (Phi) is 4.17. The third kappa shape index (κ3) is 2.80. The summed E-state index contributed by atoms with van der Waals surface area (Å²) in [5.41, 5.74) is 0. The van der Waals surface area contributed by atoms with Gasteiger partial charge in [-0.2, -0.15) is 0 Å². The predicted molar refractivity (Wildman–Crippen MR) is 77.9 cm³/mol. The van der Waals surface area contributed by atoms with Crippen molar-refractivity contribution in [3.63, 3.8) is 0 Å². The highest BCUT2D eigenvalue weighted by Gasteiger charge is 2.30. The third-order valence-corrected chi connectivity index (χ3v) is 3.63. The number of furan rings is 1. The molecular formula is C13H11NO2S2. The Morgan fingerprint density at radius 3 is 3.06 bits per heavy atom. The molecule has 0 unspecified atom stereocenters. The number of thiocarbonyl (C=S) groups is 1. The van der Waals surface area contributed by atoms with Crippen LogP contribution in [0.3, 0.4) is 0 Å². The van der Waals surface area contributed by atoms with Crippen LogP contribution >= 0.6 is 24.0 Å². The van der Waals surface area contributed by atoms with Crippen LogP contribution in [0.5, 0.6) is 0 Å². The average molecular weight is 277 g/mol. The number of carbonyl (C=O) groups is 1. The van der Waals surface area contributed by atoms with Gasteiger partial charge in [0.25, 0.3) is 5.91 Å². The minimum absolute atomic E-state index is 0.0750. The first-order valence-electron chi connectivity index (χ1n) is 5.29. The number of allylic oxidation sites excluding steroid dienone is 2. The van der Waals surface area contributed by atoms with Crippen LogP contribution in [0.15, 0.2) is 52.5 Å². The number of nitrogens with zero attached hydrogens (tertiary/aromatic N) is 1. The highest BCUT2D eigenvalue weighted by molar-refractivity contribution is 8.26. The second-order valence-corrected chi connectivity index (χ2v) is 5.15. The van der Waals surface area contributed by atoms with Gasteiger partial charge in [-0.25, -0.2) is 0 Å². The van der Waals surface area contributed by atoms with Crippen LogP contribution in [0, 0.1) is 0 Å². The molecule has 0 atom stereocenters. The summed E-state index contributed by atoms with van der Waals surface area (Å²) in [7, 11) is 0. The van der Waals surface area contributed by atoms with E-state index >= 15 is 0 Å². The van der Waals surface area contributed by atoms with E-state index in [0.717, 1.165) is 5.76 Å². The molecule has 18 heavy (non-hydrogen) atoms. The monoisotopic (exact) mass is 277 g/mol. The van der Waals surface area contributed by atoms with Crippen LogP contribution in [0.25, 0.3) is 6.08 Å². The van der Waals surface area contributed by atoms with Crippen molar-refractivity contribution in [3.05, 3.63) is 53.9 Å². The minimum atomic E-state index is -0.0750. The Morgan fingerprint density at radius 2 is 2.39 bits per heavy atom. The quantitative estimate of drug-likeness (QED) is 0.481. The lowest BCUT2D eigenvalue weighted by Crippen LogP contribution is -2.27. The number of carbonyl (C=O) groups excluding carboxylic acids is 1. The summed E-state index contributed by atoms with van der Waals surface area (Å²) in [6.07, 6.45) is 8.57. The second-order valence-electron chi connectivity index (χ2n) is 3.48. The summed E-state index contributed by atoms with van der Waals surface area (Å²) in [4.78, 5) is 14.1. The van der Waals surface area contributed by atoms with Gasteiger partial charge in [-0.05, 0) is 24.3 Å². The largest absolute Gasteiger partial charge is 0.465 e. The first-order valence-corrected chi connectivity index (χ1v) is 6.51. The van der Waals surface area contributed by atoms with Gasteiger partial charge in [0.2, 0.25) is 0 Å². The molecule has 5 heteroatoms. The average Bonchev–Trinajstić information content (AvgIpc) is 2.94. The highest BCUT2D eigenvalue weighted by atomic mass is 32.2. The Labute approximate surface area is 115 Å². The molecule has 0 aromatic carbocycles. The summed E-state index contributed by atoms with van der Waals surface area (Å²) < 4.78 is 5.72. The van der Waals surface area contributed by atoms with Gasteiger partial charge in [-0.1, -0.05) is 36.1 Å². The van der Waals surface area contributed by atoms with Crippen molar-refractivity contribution < 1.29 is 9.21 Å². The Bertz CT molecular complexity index is 529. The fraction of sp³-hybridized carbons (Fsp3) is 0.0769. The van der Waals surface area contributed by atoms with Crippen LogP contribution in [0.2, 0.25) is 0 Å². The summed E-state index contributed by atoms with van der Waals surface area (Å²) in [6.45, 7) is 4.05. The van der Waals surface area contributed by atoms with E-state index in [0.29, 0.717) is 15.8 Å². The normalized spacial score (nSPS) is 18.2. The lowest BCUT2D eigenvalue weighted by atomic mass is 10.3. The van der Waals surface area contributed by atoms with Gasteiger partial charge in [0.1, 0.15) is 10.1 Å². The van der Waals surface area contributed by atoms with E-state index in [1.54, 1.807) is 30.6 Å². The summed E-state index contributed by atoms with van der Waals surface area (Å²) in [5, 5.41) is 0. The molecule has 0 N–H and O–H groups in total. The van der Waals surface area contributed by atoms with Gasteiger partial charge in [-0.15, -0.1) is 6.58 Å². The van der Waals surface area contributed by atoms with Crippen LogP contribution < -0.4 is 0 Å². The molecule has 1 amide bonds. The molecule has 2 heterocycles. The number of amides is 1. The zero-order chi connectivity index (χ0) is 13.0. The molecule has 1 aliphatic heterocycles. The zero-order valence-corrected chi connectivity index (χ0v) is 11.2. The fourth-order valence-corrected chi connectivity index (χ4v) is 2.64. The lowest BCUT2D eigenvalue weighted by Gasteiger charge is -2.10. The molecule has 92 valence electrons. The van der Waals surface area contributed by atoms with Crippen molar-refractivity contribution in [1.82, 2.24) is 4.90 Å². The van der Waals surface area contributed by atoms with Crippen LogP contribution in [-0.4, -0.2) is 21.7 Å². The summed E-state index contributed by atoms with van der Waals surface area (Å²) in [5.74, 6) is 0.668. The first-order chi connectivity index (χ1) is 8.72. The maximum absolute atomic E-state index is 11.9. The number of hydrogen-bond acceptors (Lipinski definition) is 4. The molecule has 1 aromatic heterocycles. The molecule has 0 spiro atoms. The maximum Gasteiger partial charge on any atom is 0.266 e. The Hall–Kier alpha value is -1.59. The Morgan fingerprint density at radius 1 is 1.56 bits per heavy atom. The van der Waals surface area contributed by atoms with Crippen molar-refractivity contribution in [2.24, 2.45) is 0 Å². The first kappa shape index (κ1) is 12.9. The maximum atomic E-state index is 11.9. The smallest absolute Gasteiger partial charge is 0.266 e. The molecule has 2 rings (SSSR count). The van der Waals surface area contributed by atoms with E-state index in [1.807, 2.05) is 12.1 Å². The van der Waals surface area contributed by atoms with Crippen molar-refractivity contribution in [3.8, 4) is 0 Å². The van der Waals surface area contributed by atoms with E-state index in [9.17, 15) is 4.79 Å². The summed E-state index contributed by atoms with van der Waals surface area (Å²) in [6, 6.07) is 3.65. The van der Waals surface area contributed by atoms with Crippen molar-refractivity contribution >= 4 is 40.3 Å². The second kappa shape index (κ2) is 5.84. The topological polar surface area (TPSA) is 33.5 Å². The van der Waals surface area contributed by atoms with Crippen molar-refractivity contribution in [2.75, 3.05) is 6.54 Å². The van der Waals surface area contributed by atoms with Crippen LogP contribution in [-0.2, 0) is 4.79 Å². The molecule has 1 aromatic rings. The summed E-state index contributed by atoms with van der Waals surface area (Å²) >= 11 is 6.43. The molecule has 3 nitrogen and oxygen atoms in total. The van der Waals surface area contributed by atoms with E-state index in [-0.39, 0.29) is 5.91 Å². The van der Waals surface area contributed by atoms with E-state index < -0.39 is 0 Å². The van der Waals surface area contributed by atoms with Crippen molar-refractivity contribution in [2.45, 2.75) is 0 Å². The molecule has 1 fully saturated rings. The van der Waals surface area contributed by atoms with Gasteiger partial charge in [0.05, 0.1) is 11.2 Å². The number of thioether (sulfide) groups is 1. The SMILES string of the molecule is C=CCN1C(=O)/C(=C/C=C/c2ccco2)SC1=S. The van der Waals surface area contributed by atoms with Gasteiger partial charge >= 0.3 is 0 Å². The van der Waals surface area contributed by atoms with Gasteiger partial charge < -0.3 is 4.42 Å².